The van der Waals surface area contributed by atoms with Gasteiger partial charge in [-0.3, -0.25) is 0 Å². The molecule has 4 heteroatoms. The topological polar surface area (TPSA) is 0 Å². The van der Waals surface area contributed by atoms with Crippen molar-refractivity contribution in [2.75, 3.05) is 0 Å². The van der Waals surface area contributed by atoms with Gasteiger partial charge in [0.1, 0.15) is 16.1 Å². The summed E-state index contributed by atoms with van der Waals surface area (Å²) in [6.45, 7) is 16.9. The Kier molecular flexibility index (Phi) is 11.4. The van der Waals surface area contributed by atoms with E-state index in [0.29, 0.717) is 0 Å². The zero-order valence-electron chi connectivity index (χ0n) is 15.1. The molecule has 2 aromatic rings. The van der Waals surface area contributed by atoms with Gasteiger partial charge < -0.3 is 0 Å². The first-order valence-electron chi connectivity index (χ1n) is 7.84. The Balaban J connectivity index is 0.000000400. The number of halogens is 1. The van der Waals surface area contributed by atoms with E-state index in [1.165, 1.54) is 10.4 Å². The molecule has 0 heterocycles. The molecule has 0 aliphatic carbocycles. The zero-order chi connectivity index (χ0) is 18.6. The molecule has 0 radical (unpaired) electrons. The summed E-state index contributed by atoms with van der Waals surface area (Å²) >= 11 is 2.02. The fourth-order valence-electron chi connectivity index (χ4n) is 1.97. The summed E-state index contributed by atoms with van der Waals surface area (Å²) in [5.74, 6) is 0. The van der Waals surface area contributed by atoms with Crippen LogP contribution >= 0.6 is 9.69 Å². The van der Waals surface area contributed by atoms with E-state index in [0.717, 1.165) is 0 Å². The van der Waals surface area contributed by atoms with Crippen molar-refractivity contribution < 1.29 is 17.3 Å². The second kappa shape index (κ2) is 11.8. The Hall–Kier alpha value is -0.733. The molecule has 0 atom stereocenters. The van der Waals surface area contributed by atoms with Crippen LogP contribution in [0, 0.1) is 0 Å². The van der Waals surface area contributed by atoms with E-state index in [1.54, 1.807) is 0 Å². The summed E-state index contributed by atoms with van der Waals surface area (Å²) in [5.41, 5.74) is 4.23. The average molecular weight is 463 g/mol. The summed E-state index contributed by atoms with van der Waals surface area (Å²) in [5, 5.41) is 2.91. The molecule has 0 saturated carbocycles. The minimum atomic E-state index is -1.29. The number of hydrogen-bond donors (Lipinski definition) is 0. The van der Waals surface area contributed by atoms with Crippen LogP contribution in [-0.4, -0.2) is 16.1 Å². The Bertz CT molecular complexity index is 540. The molecular weight excluding hydrogens is 435 g/mol. The Morgan fingerprint density at radius 1 is 0.667 bits per heavy atom. The van der Waals surface area contributed by atoms with Gasteiger partial charge in [0.05, 0.1) is 0 Å². The third-order valence-electron chi connectivity index (χ3n) is 4.06. The van der Waals surface area contributed by atoms with Crippen LogP contribution in [0.3, 0.4) is 0 Å². The first kappa shape index (κ1) is 23.3. The quantitative estimate of drug-likeness (QED) is 0.538. The summed E-state index contributed by atoms with van der Waals surface area (Å²) in [4.78, 5) is 0. The molecule has 0 spiro atoms. The van der Waals surface area contributed by atoms with Crippen LogP contribution in [0.1, 0.15) is 0 Å². The molecule has 0 aliphatic heterocycles. The van der Waals surface area contributed by atoms with Crippen LogP contribution in [0.2, 0.25) is 26.2 Å². The van der Waals surface area contributed by atoms with E-state index in [4.69, 9.17) is 0 Å². The summed E-state index contributed by atoms with van der Waals surface area (Å²) < 4.78 is 0. The van der Waals surface area contributed by atoms with Gasteiger partial charge in [0.2, 0.25) is 0 Å². The summed E-state index contributed by atoms with van der Waals surface area (Å²) in [6.07, 6.45) is 0. The van der Waals surface area contributed by atoms with Crippen molar-refractivity contribution >= 4 is 36.2 Å². The molecule has 0 aromatic heterocycles. The van der Waals surface area contributed by atoms with Gasteiger partial charge in [-0.1, -0.05) is 109 Å². The van der Waals surface area contributed by atoms with Crippen molar-refractivity contribution in [3.63, 3.8) is 0 Å². The normalized spacial score (nSPS) is 10.5. The van der Waals surface area contributed by atoms with E-state index in [9.17, 15) is 0 Å². The summed E-state index contributed by atoms with van der Waals surface area (Å²) in [7, 11) is 1.95. The van der Waals surface area contributed by atoms with Crippen molar-refractivity contribution in [3.8, 4) is 0 Å². The Labute approximate surface area is 164 Å². The van der Waals surface area contributed by atoms with Crippen molar-refractivity contribution in [2.24, 2.45) is 0 Å². The van der Waals surface area contributed by atoms with Gasteiger partial charge in [-0.2, -0.15) is 0 Å². The van der Waals surface area contributed by atoms with Gasteiger partial charge in [0.25, 0.3) is 0 Å². The van der Waals surface area contributed by atoms with Crippen molar-refractivity contribution in [1.82, 2.24) is 0 Å². The molecule has 0 nitrogen and oxygen atoms in total. The summed E-state index contributed by atoms with van der Waals surface area (Å²) in [6, 6.07) is 21.2. The zero-order valence-corrected chi connectivity index (χ0v) is 19.4. The molecule has 2 aromatic carbocycles. The molecule has 0 aliphatic rings. The predicted octanol–water partition coefficient (Wildman–Crippen LogP) is 5.34. The second-order valence-electron chi connectivity index (χ2n) is 6.58. The third kappa shape index (κ3) is 7.89. The number of benzene rings is 2. The molecule has 24 heavy (non-hydrogen) atoms. The maximum absolute atomic E-state index is 4.53. The van der Waals surface area contributed by atoms with Crippen LogP contribution < -0.4 is 10.4 Å². The van der Waals surface area contributed by atoms with Gasteiger partial charge in [0, 0.05) is 0 Å². The number of rotatable bonds is 4. The van der Waals surface area contributed by atoms with Gasteiger partial charge in [-0.15, -0.1) is 13.2 Å². The van der Waals surface area contributed by atoms with Crippen LogP contribution in [0.15, 0.2) is 85.2 Å². The van der Waals surface area contributed by atoms with Gasteiger partial charge in [-0.05, 0) is 0 Å². The standard InChI is InChI=1S/2C10H14Si.ClH.Rh/c2*1-4-11(2,3)10-8-6-5-7-9-10;;/h2*4-9H,1H2,2-3H3;1H;/q;;;+1/p-1. The first-order valence-corrected chi connectivity index (χ1v) is 16.1. The Morgan fingerprint density at radius 3 is 1.12 bits per heavy atom. The van der Waals surface area contributed by atoms with Crippen molar-refractivity contribution in [2.45, 2.75) is 26.2 Å². The SMILES string of the molecule is C=C[Si](C)(C)c1ccccc1.C=C[Si](C)(C)c1ccccc1.[Cl][Rh]. The molecule has 0 bridgehead atoms. The van der Waals surface area contributed by atoms with E-state index in [1.807, 2.05) is 17.3 Å². The van der Waals surface area contributed by atoms with Gasteiger partial charge in [0.15, 0.2) is 0 Å². The molecule has 0 fully saturated rings. The van der Waals surface area contributed by atoms with Crippen molar-refractivity contribution in [1.29, 1.82) is 0 Å². The first-order chi connectivity index (χ1) is 11.3. The van der Waals surface area contributed by atoms with Crippen LogP contribution in [-0.2, 0) is 17.3 Å². The van der Waals surface area contributed by atoms with Crippen molar-refractivity contribution in [3.05, 3.63) is 85.2 Å². The molecule has 0 N–H and O–H groups in total. The third-order valence-corrected chi connectivity index (χ3v) is 9.74. The fraction of sp³-hybridized carbons (Fsp3) is 0.200. The van der Waals surface area contributed by atoms with Gasteiger partial charge in [-0.25, -0.2) is 0 Å². The van der Waals surface area contributed by atoms with Gasteiger partial charge >= 0.3 is 27.0 Å². The van der Waals surface area contributed by atoms with Crippen LogP contribution in [0.25, 0.3) is 0 Å². The molecular formula is C20H28ClRhSi2. The monoisotopic (exact) mass is 462 g/mol. The van der Waals surface area contributed by atoms with Crippen LogP contribution in [0.5, 0.6) is 0 Å². The fourth-order valence-corrected chi connectivity index (χ4v) is 4.55. The second-order valence-corrected chi connectivity index (χ2v) is 15.4. The molecule has 0 saturated heterocycles. The van der Waals surface area contributed by atoms with E-state index in [2.05, 4.69) is 121 Å². The maximum atomic E-state index is 4.53. The average Bonchev–Trinajstić information content (AvgIpc) is 2.65. The van der Waals surface area contributed by atoms with E-state index in [-0.39, 0.29) is 0 Å². The predicted molar refractivity (Wildman–Crippen MR) is 113 cm³/mol. The molecule has 0 amide bonds. The molecule has 0 unspecified atom stereocenters. The molecule has 2 rings (SSSR count). The van der Waals surface area contributed by atoms with E-state index >= 15 is 0 Å². The minimum absolute atomic E-state index is 1.29. The van der Waals surface area contributed by atoms with E-state index < -0.39 is 16.1 Å². The number of hydrogen-bond acceptors (Lipinski definition) is 0. The van der Waals surface area contributed by atoms with Crippen LogP contribution in [0.4, 0.5) is 0 Å². The Morgan fingerprint density at radius 2 is 0.917 bits per heavy atom. The molecule has 132 valence electrons.